The van der Waals surface area contributed by atoms with Crippen LogP contribution in [0, 0.1) is 5.92 Å². The lowest BCUT2D eigenvalue weighted by molar-refractivity contribution is -0.183. The normalized spacial score (nSPS) is 24.1. The monoisotopic (exact) mass is 315 g/mol. The van der Waals surface area contributed by atoms with Crippen molar-refractivity contribution >= 4 is 5.91 Å². The second-order valence-electron chi connectivity index (χ2n) is 5.64. The van der Waals surface area contributed by atoms with Gasteiger partial charge in [-0.1, -0.05) is 6.42 Å². The minimum atomic E-state index is -4.19. The Morgan fingerprint density at radius 2 is 1.95 bits per heavy atom. The van der Waals surface area contributed by atoms with Crippen molar-refractivity contribution in [2.45, 2.75) is 37.9 Å². The molecule has 22 heavy (non-hydrogen) atoms. The van der Waals surface area contributed by atoms with E-state index in [1.165, 1.54) is 0 Å². The van der Waals surface area contributed by atoms with E-state index in [0.29, 0.717) is 29.9 Å². The number of hydrogen-bond donors (Lipinski definition) is 1. The smallest absolute Gasteiger partial charge is 0.391 e. The summed E-state index contributed by atoms with van der Waals surface area (Å²) in [7, 11) is 0. The fourth-order valence-corrected chi connectivity index (χ4v) is 2.92. The second kappa shape index (κ2) is 5.70. The lowest BCUT2D eigenvalue weighted by atomic mass is 9.85. The van der Waals surface area contributed by atoms with Gasteiger partial charge in [0.05, 0.1) is 5.92 Å². The number of fused-ring (bicyclic) bond motifs is 1. The molecule has 2 unspecified atom stereocenters. The Bertz CT molecular complexity index is 574. The first kappa shape index (κ1) is 15.0. The van der Waals surface area contributed by atoms with E-state index in [4.69, 9.17) is 9.47 Å². The van der Waals surface area contributed by atoms with Crippen LogP contribution in [0.25, 0.3) is 0 Å². The minimum Gasteiger partial charge on any atom is -0.454 e. The molecule has 0 radical (unpaired) electrons. The van der Waals surface area contributed by atoms with Crippen LogP contribution in [0.5, 0.6) is 11.5 Å². The quantitative estimate of drug-likeness (QED) is 0.911. The molecule has 1 aromatic rings. The van der Waals surface area contributed by atoms with Gasteiger partial charge in [0, 0.05) is 11.6 Å². The highest BCUT2D eigenvalue weighted by molar-refractivity contribution is 5.95. The van der Waals surface area contributed by atoms with Gasteiger partial charge in [-0.3, -0.25) is 4.79 Å². The van der Waals surface area contributed by atoms with Crippen LogP contribution in [0.3, 0.4) is 0 Å². The number of nitrogens with one attached hydrogen (secondary N) is 1. The molecular weight excluding hydrogens is 299 g/mol. The number of amides is 1. The third-order valence-electron chi connectivity index (χ3n) is 4.11. The highest BCUT2D eigenvalue weighted by atomic mass is 19.4. The number of rotatable bonds is 2. The average Bonchev–Trinajstić information content (AvgIpc) is 2.94. The Hall–Kier alpha value is -1.92. The van der Waals surface area contributed by atoms with Gasteiger partial charge < -0.3 is 14.8 Å². The lowest BCUT2D eigenvalue weighted by Crippen LogP contribution is -2.41. The molecule has 1 saturated carbocycles. The predicted molar refractivity (Wildman–Crippen MR) is 71.8 cm³/mol. The molecule has 1 amide bonds. The second-order valence-corrected chi connectivity index (χ2v) is 5.64. The third-order valence-corrected chi connectivity index (χ3v) is 4.11. The number of hydrogen-bond acceptors (Lipinski definition) is 3. The van der Waals surface area contributed by atoms with Crippen molar-refractivity contribution in [2.75, 3.05) is 6.79 Å². The molecule has 1 heterocycles. The first-order valence-corrected chi connectivity index (χ1v) is 7.21. The van der Waals surface area contributed by atoms with Crippen molar-refractivity contribution < 1.29 is 27.4 Å². The molecule has 0 spiro atoms. The molecule has 1 fully saturated rings. The molecule has 4 nitrogen and oxygen atoms in total. The zero-order valence-electron chi connectivity index (χ0n) is 11.8. The summed E-state index contributed by atoms with van der Waals surface area (Å²) in [5.74, 6) is -0.676. The minimum absolute atomic E-state index is 0.0558. The Kier molecular flexibility index (Phi) is 3.88. The number of benzene rings is 1. The fraction of sp³-hybridized carbons (Fsp3) is 0.533. The van der Waals surface area contributed by atoms with Gasteiger partial charge in [-0.2, -0.15) is 13.2 Å². The van der Waals surface area contributed by atoms with Crippen LogP contribution in [0.4, 0.5) is 13.2 Å². The van der Waals surface area contributed by atoms with Gasteiger partial charge >= 0.3 is 6.18 Å². The van der Waals surface area contributed by atoms with Crippen molar-refractivity contribution in [2.24, 2.45) is 5.92 Å². The maximum atomic E-state index is 12.8. The average molecular weight is 315 g/mol. The van der Waals surface area contributed by atoms with Crippen LogP contribution in [-0.4, -0.2) is 24.9 Å². The molecule has 120 valence electrons. The van der Waals surface area contributed by atoms with Crippen molar-refractivity contribution in [3.63, 3.8) is 0 Å². The molecule has 7 heteroatoms. The molecule has 0 saturated heterocycles. The SMILES string of the molecule is O=C(NC1CCCC(C(F)(F)F)C1)c1ccc2c(c1)OCO2. The topological polar surface area (TPSA) is 47.6 Å². The van der Waals surface area contributed by atoms with E-state index in [-0.39, 0.29) is 25.5 Å². The first-order chi connectivity index (χ1) is 10.4. The van der Waals surface area contributed by atoms with Crippen LogP contribution >= 0.6 is 0 Å². The maximum Gasteiger partial charge on any atom is 0.391 e. The number of halogens is 3. The van der Waals surface area contributed by atoms with E-state index >= 15 is 0 Å². The van der Waals surface area contributed by atoms with Gasteiger partial charge in [-0.15, -0.1) is 0 Å². The van der Waals surface area contributed by atoms with E-state index in [0.717, 1.165) is 0 Å². The largest absolute Gasteiger partial charge is 0.454 e. The Morgan fingerprint density at radius 1 is 1.18 bits per heavy atom. The number of carbonyl (C=O) groups is 1. The predicted octanol–water partition coefficient (Wildman–Crippen LogP) is 3.27. The van der Waals surface area contributed by atoms with Crippen LogP contribution in [0.2, 0.25) is 0 Å². The van der Waals surface area contributed by atoms with Crippen molar-refractivity contribution in [1.29, 1.82) is 0 Å². The van der Waals surface area contributed by atoms with Crippen LogP contribution < -0.4 is 14.8 Å². The lowest BCUT2D eigenvalue weighted by Gasteiger charge is -2.31. The van der Waals surface area contributed by atoms with Gasteiger partial charge in [0.2, 0.25) is 6.79 Å². The highest BCUT2D eigenvalue weighted by Gasteiger charge is 2.42. The zero-order chi connectivity index (χ0) is 15.7. The number of ether oxygens (including phenoxy) is 2. The van der Waals surface area contributed by atoms with Crippen LogP contribution in [0.1, 0.15) is 36.0 Å². The molecule has 0 aromatic heterocycles. The van der Waals surface area contributed by atoms with Crippen molar-refractivity contribution in [1.82, 2.24) is 5.32 Å². The van der Waals surface area contributed by atoms with Gasteiger partial charge in [0.15, 0.2) is 11.5 Å². The van der Waals surface area contributed by atoms with Crippen molar-refractivity contribution in [3.05, 3.63) is 23.8 Å². The fourth-order valence-electron chi connectivity index (χ4n) is 2.92. The number of carbonyl (C=O) groups excluding carboxylic acids is 1. The zero-order valence-corrected chi connectivity index (χ0v) is 11.8. The van der Waals surface area contributed by atoms with Gasteiger partial charge in [-0.05, 0) is 37.5 Å². The molecule has 0 bridgehead atoms. The maximum absolute atomic E-state index is 12.8. The van der Waals surface area contributed by atoms with Crippen molar-refractivity contribution in [3.8, 4) is 11.5 Å². The van der Waals surface area contributed by atoms with E-state index in [2.05, 4.69) is 5.32 Å². The van der Waals surface area contributed by atoms with E-state index in [1.807, 2.05) is 0 Å². The molecule has 1 aliphatic carbocycles. The summed E-state index contributed by atoms with van der Waals surface area (Å²) in [6.45, 7) is 0.107. The molecule has 1 aromatic carbocycles. The highest BCUT2D eigenvalue weighted by Crippen LogP contribution is 2.38. The summed E-state index contributed by atoms with van der Waals surface area (Å²) in [5.41, 5.74) is 0.360. The Balaban J connectivity index is 1.64. The summed E-state index contributed by atoms with van der Waals surface area (Å²) in [6, 6.07) is 4.30. The van der Waals surface area contributed by atoms with Gasteiger partial charge in [0.1, 0.15) is 0 Å². The van der Waals surface area contributed by atoms with E-state index in [1.54, 1.807) is 18.2 Å². The van der Waals surface area contributed by atoms with E-state index in [9.17, 15) is 18.0 Å². The van der Waals surface area contributed by atoms with E-state index < -0.39 is 18.1 Å². The standard InChI is InChI=1S/C15H16F3NO3/c16-15(17,18)10-2-1-3-11(7-10)19-14(20)9-4-5-12-13(6-9)22-8-21-12/h4-6,10-11H,1-3,7-8H2,(H,19,20). The van der Waals surface area contributed by atoms with Crippen LogP contribution in [0.15, 0.2) is 18.2 Å². The summed E-state index contributed by atoms with van der Waals surface area (Å²) in [5, 5.41) is 2.69. The molecule has 1 N–H and O–H groups in total. The summed E-state index contributed by atoms with van der Waals surface area (Å²) in [6.07, 6.45) is -3.07. The van der Waals surface area contributed by atoms with Gasteiger partial charge in [0.25, 0.3) is 5.91 Å². The van der Waals surface area contributed by atoms with Crippen LogP contribution in [-0.2, 0) is 0 Å². The molecule has 2 aliphatic rings. The number of alkyl halides is 3. The summed E-state index contributed by atoms with van der Waals surface area (Å²) < 4.78 is 48.7. The first-order valence-electron chi connectivity index (χ1n) is 7.21. The summed E-state index contributed by atoms with van der Waals surface area (Å²) in [4.78, 5) is 12.2. The Morgan fingerprint density at radius 3 is 2.73 bits per heavy atom. The molecule has 2 atom stereocenters. The Labute approximate surface area is 125 Å². The van der Waals surface area contributed by atoms with Gasteiger partial charge in [-0.25, -0.2) is 0 Å². The summed E-state index contributed by atoms with van der Waals surface area (Å²) >= 11 is 0. The molecule has 3 rings (SSSR count). The molecule has 1 aliphatic heterocycles. The third kappa shape index (κ3) is 3.13. The molecular formula is C15H16F3NO3.